The number of phenolic OH excluding ortho intramolecular Hbond substituents is 1. The molecule has 0 unspecified atom stereocenters. The zero-order valence-electron chi connectivity index (χ0n) is 21.2. The third-order valence-corrected chi connectivity index (χ3v) is 8.33. The van der Waals surface area contributed by atoms with E-state index in [-0.39, 0.29) is 34.3 Å². The van der Waals surface area contributed by atoms with Crippen molar-refractivity contribution in [3.63, 3.8) is 0 Å². The molecule has 1 fully saturated rings. The molecule has 200 valence electrons. The summed E-state index contributed by atoms with van der Waals surface area (Å²) in [6, 6.07) is 24.7. The van der Waals surface area contributed by atoms with E-state index in [0.717, 1.165) is 17.4 Å². The molecule has 0 saturated carbocycles. The molecule has 5 rings (SSSR count). The highest BCUT2D eigenvalue weighted by atomic mass is 32.2. The number of benzene rings is 4. The fourth-order valence-corrected chi connectivity index (χ4v) is 5.72. The Labute approximate surface area is 226 Å². The van der Waals surface area contributed by atoms with Gasteiger partial charge in [-0.2, -0.15) is 0 Å². The van der Waals surface area contributed by atoms with Gasteiger partial charge in [0.15, 0.2) is 9.84 Å². The van der Waals surface area contributed by atoms with E-state index in [0.29, 0.717) is 35.1 Å². The number of nitrogens with one attached hydrogen (secondary N) is 1. The second-order valence-electron chi connectivity index (χ2n) is 9.86. The predicted octanol–water partition coefficient (Wildman–Crippen LogP) is 5.57. The molecule has 0 spiro atoms. The van der Waals surface area contributed by atoms with Crippen LogP contribution in [0.2, 0.25) is 0 Å². The van der Waals surface area contributed by atoms with Crippen molar-refractivity contribution in [3.05, 3.63) is 108 Å². The zero-order valence-corrected chi connectivity index (χ0v) is 22.0. The topological polar surface area (TPSA) is 104 Å². The minimum atomic E-state index is -3.37. The first-order valence-corrected chi connectivity index (χ1v) is 14.5. The van der Waals surface area contributed by atoms with Gasteiger partial charge in [0.25, 0.3) is 0 Å². The number of hydrogen-bond acceptors (Lipinski definition) is 5. The summed E-state index contributed by atoms with van der Waals surface area (Å²) in [4.78, 5) is 12.7. The summed E-state index contributed by atoms with van der Waals surface area (Å²) >= 11 is 0. The molecular formula is C31H28FNO5S. The van der Waals surface area contributed by atoms with Gasteiger partial charge in [0, 0.05) is 11.8 Å². The molecule has 6 nitrogen and oxygen atoms in total. The lowest BCUT2D eigenvalue weighted by molar-refractivity contribution is -0.135. The van der Waals surface area contributed by atoms with Crippen LogP contribution in [-0.4, -0.2) is 30.8 Å². The monoisotopic (exact) mass is 545 g/mol. The Balaban J connectivity index is 1.38. The van der Waals surface area contributed by atoms with Crippen molar-refractivity contribution < 1.29 is 27.8 Å². The highest BCUT2D eigenvalue weighted by Crippen LogP contribution is 2.42. The maximum absolute atomic E-state index is 13.2. The first kappa shape index (κ1) is 26.6. The first-order chi connectivity index (χ1) is 18.6. The first-order valence-electron chi connectivity index (χ1n) is 12.6. The Morgan fingerprint density at radius 2 is 1.62 bits per heavy atom. The highest BCUT2D eigenvalue weighted by molar-refractivity contribution is 7.90. The molecule has 0 bridgehead atoms. The molecule has 3 N–H and O–H groups in total. The molecule has 3 atom stereocenters. The van der Waals surface area contributed by atoms with Crippen LogP contribution < -0.4 is 5.32 Å². The van der Waals surface area contributed by atoms with Crippen molar-refractivity contribution in [2.24, 2.45) is 5.92 Å². The van der Waals surface area contributed by atoms with Crippen LogP contribution in [0, 0.1) is 11.7 Å². The number of aliphatic hydroxyl groups excluding tert-OH is 1. The molecule has 39 heavy (non-hydrogen) atoms. The molecular weight excluding hydrogens is 517 g/mol. The van der Waals surface area contributed by atoms with Crippen LogP contribution >= 0.6 is 0 Å². The number of carbonyl (C=O) groups excluding carboxylic acids is 1. The van der Waals surface area contributed by atoms with Crippen LogP contribution in [0.5, 0.6) is 5.75 Å². The zero-order chi connectivity index (χ0) is 27.7. The van der Waals surface area contributed by atoms with Gasteiger partial charge < -0.3 is 15.5 Å². The standard InChI is InChI=1S/C31H28FNO5S/c1-39(37,38)23-6-4-5-20(17-23)21-11-14-25(29(35)18-21)24-7-2-3-8-26(24)30-27(31(36)33-30)15-16-28(34)19-9-12-22(32)13-10-19/h2-14,17-18,27-28,30,34-35H,15-16H2,1H3,(H,33,36)/t27-,28+,30-/m1/s1. The van der Waals surface area contributed by atoms with Crippen molar-refractivity contribution in [1.29, 1.82) is 0 Å². The summed E-state index contributed by atoms with van der Waals surface area (Å²) in [5.74, 6) is -0.814. The third-order valence-electron chi connectivity index (χ3n) is 7.22. The highest BCUT2D eigenvalue weighted by Gasteiger charge is 2.41. The van der Waals surface area contributed by atoms with Gasteiger partial charge in [-0.1, -0.05) is 60.7 Å². The quantitative estimate of drug-likeness (QED) is 0.251. The largest absolute Gasteiger partial charge is 0.507 e. The minimum Gasteiger partial charge on any atom is -0.507 e. The molecule has 1 aliphatic heterocycles. The number of β-lactam (4-membered cyclic amide) rings is 1. The van der Waals surface area contributed by atoms with Gasteiger partial charge in [-0.25, -0.2) is 12.8 Å². The Morgan fingerprint density at radius 3 is 2.31 bits per heavy atom. The van der Waals surface area contributed by atoms with Crippen molar-refractivity contribution in [2.75, 3.05) is 6.26 Å². The summed E-state index contributed by atoms with van der Waals surface area (Å²) in [5.41, 5.74) is 4.13. The second-order valence-corrected chi connectivity index (χ2v) is 11.9. The summed E-state index contributed by atoms with van der Waals surface area (Å²) < 4.78 is 37.2. The lowest BCUT2D eigenvalue weighted by Gasteiger charge is -2.38. The SMILES string of the molecule is CS(=O)(=O)c1cccc(-c2ccc(-c3ccccc3[C@H]3NC(=O)[C@@H]3CC[C@H](O)c3ccc(F)cc3)c(O)c2)c1. The number of amides is 1. The smallest absolute Gasteiger partial charge is 0.226 e. The maximum Gasteiger partial charge on any atom is 0.226 e. The molecule has 8 heteroatoms. The number of sulfone groups is 1. The normalized spacial score (nSPS) is 17.8. The van der Waals surface area contributed by atoms with Crippen LogP contribution in [-0.2, 0) is 14.6 Å². The molecule has 0 radical (unpaired) electrons. The Morgan fingerprint density at radius 1 is 0.897 bits per heavy atom. The summed E-state index contributed by atoms with van der Waals surface area (Å²) in [5, 5.41) is 24.5. The van der Waals surface area contributed by atoms with Gasteiger partial charge >= 0.3 is 0 Å². The number of aromatic hydroxyl groups is 1. The van der Waals surface area contributed by atoms with E-state index in [1.54, 1.807) is 30.3 Å². The van der Waals surface area contributed by atoms with E-state index in [1.807, 2.05) is 30.3 Å². The van der Waals surface area contributed by atoms with Crippen LogP contribution in [0.15, 0.2) is 95.9 Å². The van der Waals surface area contributed by atoms with Gasteiger partial charge in [-0.05, 0) is 71.0 Å². The van der Waals surface area contributed by atoms with Gasteiger partial charge in [0.1, 0.15) is 11.6 Å². The second kappa shape index (κ2) is 10.6. The van der Waals surface area contributed by atoms with E-state index in [1.165, 1.54) is 30.3 Å². The number of aliphatic hydroxyl groups is 1. The molecule has 0 aliphatic carbocycles. The minimum absolute atomic E-state index is 0.0265. The molecule has 0 aromatic heterocycles. The van der Waals surface area contributed by atoms with Crippen LogP contribution in [0.1, 0.15) is 36.1 Å². The van der Waals surface area contributed by atoms with Gasteiger partial charge in [0.05, 0.1) is 23.0 Å². The molecule has 1 saturated heterocycles. The molecule has 4 aromatic carbocycles. The van der Waals surface area contributed by atoms with Crippen LogP contribution in [0.25, 0.3) is 22.3 Å². The Bertz CT molecular complexity index is 1640. The number of halogens is 1. The Kier molecular flexibility index (Phi) is 7.25. The number of hydrogen-bond donors (Lipinski definition) is 3. The van der Waals surface area contributed by atoms with Crippen molar-refractivity contribution in [3.8, 4) is 28.0 Å². The van der Waals surface area contributed by atoms with Gasteiger partial charge in [-0.15, -0.1) is 0 Å². The summed E-state index contributed by atoms with van der Waals surface area (Å²) in [7, 11) is -3.37. The fourth-order valence-electron chi connectivity index (χ4n) is 5.06. The molecule has 1 heterocycles. The van der Waals surface area contributed by atoms with Crippen molar-refractivity contribution in [2.45, 2.75) is 29.9 Å². The number of rotatable bonds is 8. The summed E-state index contributed by atoms with van der Waals surface area (Å²) in [6.45, 7) is 0. The molecule has 4 aromatic rings. The van der Waals surface area contributed by atoms with Gasteiger partial charge in [-0.3, -0.25) is 4.79 Å². The number of carbonyl (C=O) groups is 1. The predicted molar refractivity (Wildman–Crippen MR) is 147 cm³/mol. The van der Waals surface area contributed by atoms with Gasteiger partial charge in [0.2, 0.25) is 5.91 Å². The van der Waals surface area contributed by atoms with Crippen LogP contribution in [0.4, 0.5) is 4.39 Å². The average Bonchev–Trinajstić information content (AvgIpc) is 2.91. The van der Waals surface area contributed by atoms with Crippen LogP contribution in [0.3, 0.4) is 0 Å². The van der Waals surface area contributed by atoms with E-state index in [9.17, 15) is 27.8 Å². The summed E-state index contributed by atoms with van der Waals surface area (Å²) in [6.07, 6.45) is 1.12. The van der Waals surface area contributed by atoms with E-state index >= 15 is 0 Å². The third kappa shape index (κ3) is 5.57. The van der Waals surface area contributed by atoms with E-state index < -0.39 is 15.9 Å². The fraction of sp³-hybridized carbons (Fsp3) is 0.194. The Hall–Kier alpha value is -4.01. The van der Waals surface area contributed by atoms with Crippen molar-refractivity contribution in [1.82, 2.24) is 5.32 Å². The maximum atomic E-state index is 13.2. The molecule has 1 aliphatic rings. The van der Waals surface area contributed by atoms with E-state index in [4.69, 9.17) is 0 Å². The number of phenols is 1. The molecule has 1 amide bonds. The van der Waals surface area contributed by atoms with Crippen molar-refractivity contribution >= 4 is 15.7 Å². The average molecular weight is 546 g/mol. The lowest BCUT2D eigenvalue weighted by Crippen LogP contribution is -2.51. The van der Waals surface area contributed by atoms with E-state index in [2.05, 4.69) is 5.32 Å². The lowest BCUT2D eigenvalue weighted by atomic mass is 9.78.